The molecule has 0 saturated carbocycles. The van der Waals surface area contributed by atoms with Gasteiger partial charge >= 0.3 is 0 Å². The van der Waals surface area contributed by atoms with Crippen molar-refractivity contribution in [2.24, 2.45) is 5.73 Å². The molecular formula is C17H15N3O4. The van der Waals surface area contributed by atoms with Crippen LogP contribution in [0.5, 0.6) is 0 Å². The molecule has 2 heterocycles. The second-order valence-electron chi connectivity index (χ2n) is 5.58. The number of para-hydroxylation sites is 1. The Bertz CT molecular complexity index is 822. The quantitative estimate of drug-likeness (QED) is 0.771. The molecular weight excluding hydrogens is 310 g/mol. The van der Waals surface area contributed by atoms with Gasteiger partial charge in [-0.15, -0.1) is 0 Å². The van der Waals surface area contributed by atoms with Gasteiger partial charge in [0, 0.05) is 23.5 Å². The fraction of sp³-hybridized carbons (Fsp3) is 0.176. The number of benzene rings is 1. The number of nitrogens with two attached hydrogens (primary N) is 1. The van der Waals surface area contributed by atoms with Gasteiger partial charge in [0.25, 0.3) is 5.91 Å². The Labute approximate surface area is 137 Å². The van der Waals surface area contributed by atoms with Crippen LogP contribution in [-0.4, -0.2) is 34.2 Å². The molecule has 0 unspecified atom stereocenters. The Kier molecular flexibility index (Phi) is 3.86. The van der Waals surface area contributed by atoms with Crippen LogP contribution in [0.1, 0.15) is 22.3 Å². The van der Waals surface area contributed by atoms with Crippen molar-refractivity contribution in [1.82, 2.24) is 4.98 Å². The zero-order chi connectivity index (χ0) is 17.3. The van der Waals surface area contributed by atoms with Gasteiger partial charge in [-0.3, -0.25) is 24.3 Å². The van der Waals surface area contributed by atoms with Crippen LogP contribution in [0.15, 0.2) is 48.8 Å². The molecule has 2 aromatic rings. The first-order valence-corrected chi connectivity index (χ1v) is 7.29. The van der Waals surface area contributed by atoms with Crippen LogP contribution in [-0.2, 0) is 15.2 Å². The second kappa shape index (κ2) is 5.86. The summed E-state index contributed by atoms with van der Waals surface area (Å²) in [6.45, 7) is -0.362. The number of aliphatic hydroxyl groups is 1. The lowest BCUT2D eigenvalue weighted by Crippen LogP contribution is -2.44. The van der Waals surface area contributed by atoms with Crippen molar-refractivity contribution in [2.45, 2.75) is 12.0 Å². The van der Waals surface area contributed by atoms with E-state index in [9.17, 15) is 19.5 Å². The third kappa shape index (κ3) is 2.55. The Morgan fingerprint density at radius 3 is 2.62 bits per heavy atom. The van der Waals surface area contributed by atoms with Gasteiger partial charge in [0.2, 0.25) is 5.91 Å². The van der Waals surface area contributed by atoms with E-state index in [0.717, 1.165) is 4.90 Å². The van der Waals surface area contributed by atoms with Crippen LogP contribution >= 0.6 is 0 Å². The number of carbonyl (C=O) groups is 3. The minimum Gasteiger partial charge on any atom is -0.375 e. The van der Waals surface area contributed by atoms with Gasteiger partial charge < -0.3 is 10.8 Å². The third-order valence-electron chi connectivity index (χ3n) is 3.95. The molecule has 0 bridgehead atoms. The predicted octanol–water partition coefficient (Wildman–Crippen LogP) is 0.374. The van der Waals surface area contributed by atoms with Crippen molar-refractivity contribution in [3.63, 3.8) is 0 Å². The van der Waals surface area contributed by atoms with Gasteiger partial charge in [-0.25, -0.2) is 0 Å². The van der Waals surface area contributed by atoms with Crippen molar-refractivity contribution in [2.75, 3.05) is 11.4 Å². The lowest BCUT2D eigenvalue weighted by molar-refractivity contribution is -0.136. The van der Waals surface area contributed by atoms with E-state index in [1.54, 1.807) is 36.4 Å². The fourth-order valence-corrected chi connectivity index (χ4v) is 2.85. The topological polar surface area (TPSA) is 114 Å². The minimum atomic E-state index is -2.03. The Balaban J connectivity index is 1.98. The van der Waals surface area contributed by atoms with Crippen LogP contribution in [0.25, 0.3) is 0 Å². The molecule has 0 radical (unpaired) electrons. The maximum atomic E-state index is 12.7. The Hall–Kier alpha value is -3.06. The van der Waals surface area contributed by atoms with Crippen LogP contribution in [0, 0.1) is 0 Å². The molecule has 2 amide bonds. The highest BCUT2D eigenvalue weighted by atomic mass is 16.3. The van der Waals surface area contributed by atoms with Gasteiger partial charge in [0.15, 0.2) is 11.4 Å². The van der Waals surface area contributed by atoms with Crippen LogP contribution < -0.4 is 10.6 Å². The van der Waals surface area contributed by atoms with E-state index in [-0.39, 0.29) is 12.1 Å². The Morgan fingerprint density at radius 1 is 1.21 bits per heavy atom. The normalized spacial score (nSPS) is 19.2. The summed E-state index contributed by atoms with van der Waals surface area (Å²) in [6.07, 6.45) is 2.46. The molecule has 7 heteroatoms. The summed E-state index contributed by atoms with van der Waals surface area (Å²) in [5, 5.41) is 10.9. The number of hydrogen-bond acceptors (Lipinski definition) is 5. The van der Waals surface area contributed by atoms with E-state index >= 15 is 0 Å². The van der Waals surface area contributed by atoms with Gasteiger partial charge in [0.1, 0.15) is 6.54 Å². The maximum absolute atomic E-state index is 12.7. The maximum Gasteiger partial charge on any atom is 0.264 e. The third-order valence-corrected chi connectivity index (χ3v) is 3.95. The van der Waals surface area contributed by atoms with Gasteiger partial charge in [-0.1, -0.05) is 18.2 Å². The smallest absolute Gasteiger partial charge is 0.264 e. The average molecular weight is 325 g/mol. The lowest BCUT2D eigenvalue weighted by Gasteiger charge is -2.22. The molecule has 122 valence electrons. The molecule has 0 fully saturated rings. The largest absolute Gasteiger partial charge is 0.375 e. The molecule has 1 atom stereocenters. The number of primary amides is 1. The number of nitrogens with zero attached hydrogens (tertiary/aromatic N) is 2. The standard InChI is InChI=1S/C17H15N3O4/c18-15(22)10-20-13-6-2-1-5-12(13)17(24,16(20)23)8-14(21)11-4-3-7-19-9-11/h1-7,9,24H,8,10H2,(H2,18,22)/t17-/m1/s1. The SMILES string of the molecule is NC(=O)CN1C(=O)[C@@](O)(CC(=O)c2cccnc2)c2ccccc21. The summed E-state index contributed by atoms with van der Waals surface area (Å²) in [5.74, 6) is -1.87. The van der Waals surface area contributed by atoms with E-state index in [4.69, 9.17) is 5.73 Å². The summed E-state index contributed by atoms with van der Waals surface area (Å²) < 4.78 is 0. The highest BCUT2D eigenvalue weighted by molar-refractivity contribution is 6.12. The number of carbonyl (C=O) groups excluding carboxylic acids is 3. The molecule has 24 heavy (non-hydrogen) atoms. The van der Waals surface area contributed by atoms with E-state index in [1.165, 1.54) is 12.4 Å². The number of rotatable bonds is 5. The summed E-state index contributed by atoms with van der Waals surface area (Å²) in [4.78, 5) is 41.3. The average Bonchev–Trinajstić information content (AvgIpc) is 2.78. The number of fused-ring (bicyclic) bond motifs is 1. The predicted molar refractivity (Wildman–Crippen MR) is 85.1 cm³/mol. The summed E-state index contributed by atoms with van der Waals surface area (Å²) in [7, 11) is 0. The number of ketones is 1. The molecule has 1 aliphatic rings. The van der Waals surface area contributed by atoms with Crippen LogP contribution in [0.3, 0.4) is 0 Å². The van der Waals surface area contributed by atoms with Crippen molar-refractivity contribution in [1.29, 1.82) is 0 Å². The van der Waals surface area contributed by atoms with Gasteiger partial charge in [-0.05, 0) is 18.2 Å². The minimum absolute atomic E-state index is 0.286. The zero-order valence-corrected chi connectivity index (χ0v) is 12.7. The summed E-state index contributed by atoms with van der Waals surface area (Å²) in [6, 6.07) is 9.65. The van der Waals surface area contributed by atoms with Crippen LogP contribution in [0.4, 0.5) is 5.69 Å². The summed E-state index contributed by atoms with van der Waals surface area (Å²) in [5.41, 5.74) is 4.11. The van der Waals surface area contributed by atoms with Crippen molar-refractivity contribution >= 4 is 23.3 Å². The first-order valence-electron chi connectivity index (χ1n) is 7.29. The number of pyridine rings is 1. The fourth-order valence-electron chi connectivity index (χ4n) is 2.85. The van der Waals surface area contributed by atoms with E-state index < -0.39 is 29.6 Å². The van der Waals surface area contributed by atoms with Crippen LogP contribution in [0.2, 0.25) is 0 Å². The molecule has 0 spiro atoms. The Morgan fingerprint density at radius 2 is 1.96 bits per heavy atom. The number of amides is 2. The summed E-state index contributed by atoms with van der Waals surface area (Å²) >= 11 is 0. The zero-order valence-electron chi connectivity index (χ0n) is 12.7. The van der Waals surface area contributed by atoms with Crippen molar-refractivity contribution in [3.8, 4) is 0 Å². The van der Waals surface area contributed by atoms with E-state index in [1.807, 2.05) is 0 Å². The monoisotopic (exact) mass is 325 g/mol. The number of Topliss-reactive ketones (excluding diaryl/α,β-unsaturated/α-hetero) is 1. The molecule has 1 aliphatic heterocycles. The first kappa shape index (κ1) is 15.8. The molecule has 0 aliphatic carbocycles. The molecule has 1 aromatic heterocycles. The van der Waals surface area contributed by atoms with E-state index in [0.29, 0.717) is 11.3 Å². The highest BCUT2D eigenvalue weighted by Gasteiger charge is 2.51. The van der Waals surface area contributed by atoms with E-state index in [2.05, 4.69) is 4.98 Å². The van der Waals surface area contributed by atoms with Crippen molar-refractivity contribution < 1.29 is 19.5 Å². The van der Waals surface area contributed by atoms with Gasteiger partial charge in [-0.2, -0.15) is 0 Å². The van der Waals surface area contributed by atoms with Crippen molar-refractivity contribution in [3.05, 3.63) is 59.9 Å². The molecule has 1 aromatic carbocycles. The van der Waals surface area contributed by atoms with Gasteiger partial charge in [0.05, 0.1) is 12.1 Å². The molecule has 7 nitrogen and oxygen atoms in total. The first-order chi connectivity index (χ1) is 11.4. The molecule has 3 rings (SSSR count). The molecule has 3 N–H and O–H groups in total. The number of hydrogen-bond donors (Lipinski definition) is 2. The number of anilines is 1. The lowest BCUT2D eigenvalue weighted by atomic mass is 9.88. The molecule has 0 saturated heterocycles. The highest BCUT2D eigenvalue weighted by Crippen LogP contribution is 2.42. The second-order valence-corrected chi connectivity index (χ2v) is 5.58. The number of aromatic nitrogens is 1.